The van der Waals surface area contributed by atoms with Crippen molar-refractivity contribution in [3.05, 3.63) is 93.8 Å². The van der Waals surface area contributed by atoms with Gasteiger partial charge in [0.2, 0.25) is 0 Å². The minimum atomic E-state index is -0.800. The molecular formula is C29H26Cl2FN3O4. The van der Waals surface area contributed by atoms with Crippen molar-refractivity contribution in [2.45, 2.75) is 24.9 Å². The van der Waals surface area contributed by atoms with Crippen molar-refractivity contribution in [2.75, 3.05) is 12.4 Å². The number of carboxylic acids is 1. The summed E-state index contributed by atoms with van der Waals surface area (Å²) in [4.78, 5) is 21.3. The Bertz CT molecular complexity index is 1500. The molecule has 0 amide bonds. The minimum Gasteiger partial charge on any atom is -0.481 e. The average Bonchev–Trinajstić information content (AvgIpc) is 3.67. The van der Waals surface area contributed by atoms with Gasteiger partial charge in [0.05, 0.1) is 11.6 Å². The summed E-state index contributed by atoms with van der Waals surface area (Å²) in [7, 11) is 3.52. The van der Waals surface area contributed by atoms with Crippen LogP contribution in [0.3, 0.4) is 0 Å². The van der Waals surface area contributed by atoms with Crippen LogP contribution in [0.25, 0.3) is 22.3 Å². The summed E-state index contributed by atoms with van der Waals surface area (Å²) in [6.45, 7) is 0.645. The van der Waals surface area contributed by atoms with E-state index >= 15 is 0 Å². The molecule has 0 saturated heterocycles. The van der Waals surface area contributed by atoms with Gasteiger partial charge in [0.25, 0.3) is 6.47 Å². The van der Waals surface area contributed by atoms with E-state index in [2.05, 4.69) is 15.2 Å². The lowest BCUT2D eigenvalue weighted by Gasteiger charge is -2.13. The van der Waals surface area contributed by atoms with Crippen LogP contribution >= 0.6 is 23.2 Å². The lowest BCUT2D eigenvalue weighted by molar-refractivity contribution is -0.140. The molecule has 10 heteroatoms. The first kappa shape index (κ1) is 28.1. The molecule has 1 aliphatic carbocycles. The minimum absolute atomic E-state index is 0.239. The quantitative estimate of drug-likeness (QED) is 0.229. The number of ether oxygens (including phenoxy) is 1. The number of nitrogens with one attached hydrogen (secondary N) is 1. The molecule has 1 saturated carbocycles. The predicted octanol–water partition coefficient (Wildman–Crippen LogP) is 6.72. The van der Waals surface area contributed by atoms with Crippen molar-refractivity contribution >= 4 is 41.5 Å². The van der Waals surface area contributed by atoms with Crippen LogP contribution in [-0.4, -0.2) is 34.4 Å². The van der Waals surface area contributed by atoms with E-state index in [1.54, 1.807) is 61.4 Å². The van der Waals surface area contributed by atoms with Gasteiger partial charge in [-0.05, 0) is 42.2 Å². The number of rotatable bonds is 8. The zero-order valence-electron chi connectivity index (χ0n) is 21.2. The summed E-state index contributed by atoms with van der Waals surface area (Å²) < 4.78 is 21.1. The van der Waals surface area contributed by atoms with E-state index in [-0.39, 0.29) is 6.61 Å². The zero-order chi connectivity index (χ0) is 28.2. The Labute approximate surface area is 235 Å². The summed E-state index contributed by atoms with van der Waals surface area (Å²) >= 11 is 12.2. The smallest absolute Gasteiger partial charge is 0.314 e. The van der Waals surface area contributed by atoms with Crippen molar-refractivity contribution < 1.29 is 23.8 Å². The zero-order valence-corrected chi connectivity index (χ0v) is 22.8. The fourth-order valence-corrected chi connectivity index (χ4v) is 4.83. The Hall–Kier alpha value is -3.88. The topological polar surface area (TPSA) is 93.5 Å². The van der Waals surface area contributed by atoms with Gasteiger partial charge >= 0.3 is 5.97 Å². The third kappa shape index (κ3) is 5.92. The van der Waals surface area contributed by atoms with E-state index in [9.17, 15) is 19.1 Å². The molecule has 0 bridgehead atoms. The van der Waals surface area contributed by atoms with Gasteiger partial charge in [0, 0.05) is 46.4 Å². The Morgan fingerprint density at radius 3 is 2.38 bits per heavy atom. The van der Waals surface area contributed by atoms with Gasteiger partial charge in [-0.3, -0.25) is 14.3 Å². The van der Waals surface area contributed by atoms with E-state index in [1.165, 1.54) is 6.07 Å². The molecule has 4 aromatic rings. The number of aliphatic carboxylic acids is 1. The number of hydrogen-bond donors (Lipinski definition) is 2. The first-order chi connectivity index (χ1) is 18.7. The maximum atomic E-state index is 14.9. The lowest BCUT2D eigenvalue weighted by Crippen LogP contribution is -2.19. The standard InChI is InChI=1S/C21H19ClFN3O2.C8H7ClO2/c1-24-19-16(11-25-26(19)2)15-9-17(22)14(10-18(15)23)12-3-5-13(6-4-12)21(7-8-21)20(27)28;9-8-4-2-1-3-7(8)5-11-6-10/h3-6,9-11,24H,7-8H2,1-2H3,(H,27,28);1-4,6H,5H2. The Kier molecular flexibility index (Phi) is 8.57. The fraction of sp³-hybridized carbons (Fsp3) is 0.207. The van der Waals surface area contributed by atoms with Gasteiger partial charge < -0.3 is 15.2 Å². The molecule has 0 spiro atoms. The van der Waals surface area contributed by atoms with Crippen molar-refractivity contribution in [3.8, 4) is 22.3 Å². The van der Waals surface area contributed by atoms with Crippen molar-refractivity contribution in [3.63, 3.8) is 0 Å². The highest BCUT2D eigenvalue weighted by Gasteiger charge is 2.51. The normalized spacial score (nSPS) is 13.2. The monoisotopic (exact) mass is 569 g/mol. The molecule has 1 fully saturated rings. The molecule has 0 radical (unpaired) electrons. The summed E-state index contributed by atoms with van der Waals surface area (Å²) in [6, 6.07) is 17.4. The molecule has 5 rings (SSSR count). The van der Waals surface area contributed by atoms with Crippen LogP contribution in [0.1, 0.15) is 24.0 Å². The van der Waals surface area contributed by atoms with Crippen LogP contribution in [0, 0.1) is 5.82 Å². The van der Waals surface area contributed by atoms with Gasteiger partial charge in [0.15, 0.2) is 0 Å². The SMILES string of the molecule is CNc1c(-c2cc(Cl)c(-c3ccc(C4(C(=O)O)CC4)cc3)cc2F)cnn1C.O=COCc1ccccc1Cl. The molecule has 0 aliphatic heterocycles. The number of carboxylic acid groups (broad SMARTS) is 1. The van der Waals surface area contributed by atoms with E-state index in [4.69, 9.17) is 23.2 Å². The van der Waals surface area contributed by atoms with Crippen molar-refractivity contribution in [2.24, 2.45) is 7.05 Å². The summed E-state index contributed by atoms with van der Waals surface area (Å²) in [5.74, 6) is -0.516. The number of nitrogens with zero attached hydrogens (tertiary/aromatic N) is 2. The molecule has 202 valence electrons. The number of halogens is 3. The van der Waals surface area contributed by atoms with Crippen LogP contribution in [0.5, 0.6) is 0 Å². The van der Waals surface area contributed by atoms with Gasteiger partial charge in [-0.1, -0.05) is 65.7 Å². The maximum Gasteiger partial charge on any atom is 0.314 e. The second-order valence-corrected chi connectivity index (χ2v) is 9.87. The molecule has 1 aliphatic rings. The summed E-state index contributed by atoms with van der Waals surface area (Å²) in [5, 5.41) is 17.6. The summed E-state index contributed by atoms with van der Waals surface area (Å²) in [5.41, 5.74) is 3.12. The van der Waals surface area contributed by atoms with Crippen molar-refractivity contribution in [1.82, 2.24) is 9.78 Å². The third-order valence-corrected chi connectivity index (χ3v) is 7.38. The highest BCUT2D eigenvalue weighted by atomic mass is 35.5. The predicted molar refractivity (Wildman–Crippen MR) is 149 cm³/mol. The number of carbonyl (C=O) groups excluding carboxylic acids is 1. The van der Waals surface area contributed by atoms with E-state index in [0.717, 1.165) is 16.7 Å². The molecule has 39 heavy (non-hydrogen) atoms. The maximum absolute atomic E-state index is 14.9. The highest BCUT2D eigenvalue weighted by molar-refractivity contribution is 6.33. The molecule has 7 nitrogen and oxygen atoms in total. The molecule has 1 heterocycles. The first-order valence-electron chi connectivity index (χ1n) is 12.0. The van der Waals surface area contributed by atoms with Crippen LogP contribution in [-0.2, 0) is 33.4 Å². The van der Waals surface area contributed by atoms with Crippen LogP contribution < -0.4 is 5.32 Å². The number of anilines is 1. The van der Waals surface area contributed by atoms with E-state index in [0.29, 0.717) is 51.9 Å². The number of carbonyl (C=O) groups is 2. The number of aromatic nitrogens is 2. The van der Waals surface area contributed by atoms with E-state index < -0.39 is 17.2 Å². The number of aryl methyl sites for hydroxylation is 1. The Balaban J connectivity index is 0.000000270. The molecule has 3 aromatic carbocycles. The molecule has 0 unspecified atom stereocenters. The van der Waals surface area contributed by atoms with Crippen LogP contribution in [0.2, 0.25) is 10.0 Å². The van der Waals surface area contributed by atoms with Gasteiger partial charge in [-0.2, -0.15) is 5.10 Å². The van der Waals surface area contributed by atoms with Crippen molar-refractivity contribution in [1.29, 1.82) is 0 Å². The lowest BCUT2D eigenvalue weighted by atomic mass is 9.93. The second kappa shape index (κ2) is 11.9. The van der Waals surface area contributed by atoms with Crippen LogP contribution in [0.4, 0.5) is 10.2 Å². The third-order valence-electron chi connectivity index (χ3n) is 6.70. The van der Waals surface area contributed by atoms with Gasteiger partial charge in [-0.15, -0.1) is 0 Å². The molecule has 1 aromatic heterocycles. The average molecular weight is 570 g/mol. The van der Waals surface area contributed by atoms with Crippen LogP contribution in [0.15, 0.2) is 66.9 Å². The van der Waals surface area contributed by atoms with E-state index in [1.807, 2.05) is 18.2 Å². The number of hydrogen-bond acceptors (Lipinski definition) is 5. The number of benzene rings is 3. The Morgan fingerprint density at radius 1 is 1.10 bits per heavy atom. The molecule has 2 N–H and O–H groups in total. The Morgan fingerprint density at radius 2 is 1.79 bits per heavy atom. The largest absolute Gasteiger partial charge is 0.481 e. The highest BCUT2D eigenvalue weighted by Crippen LogP contribution is 2.49. The van der Waals surface area contributed by atoms with Gasteiger partial charge in [0.1, 0.15) is 18.2 Å². The molecular weight excluding hydrogens is 544 g/mol. The van der Waals surface area contributed by atoms with Gasteiger partial charge in [-0.25, -0.2) is 4.39 Å². The fourth-order valence-electron chi connectivity index (χ4n) is 4.36. The summed E-state index contributed by atoms with van der Waals surface area (Å²) in [6.07, 6.45) is 2.88. The first-order valence-corrected chi connectivity index (χ1v) is 12.8. The second-order valence-electron chi connectivity index (χ2n) is 9.06. The molecule has 0 atom stereocenters.